The topological polar surface area (TPSA) is 94.1 Å². The fourth-order valence-electron chi connectivity index (χ4n) is 9.29. The smallest absolute Gasteiger partial charge is 0.408 e. The molecule has 3 fully saturated rings. The van der Waals surface area contributed by atoms with E-state index in [9.17, 15) is 14.7 Å². The predicted molar refractivity (Wildman–Crippen MR) is 148 cm³/mol. The standard InChI is InChI=1S/C33H41NO6/c1-17-15-32-18(2)13-23-25(30(23,3)4)22(26(32)35)14-20-16-38-31(5,6)40-28(20)33(32,37)27(17)39-29(36)34-24-12-11-19-9-7-8-10-21(19)24/h7-10,14-15,18,22-25,27-28,37H,11-13,16H2,1-6H3,(H,34,36)/t18?,22-,23+,24?,25+,27-,28+,32?,33+/m0/s1. The third-order valence-electron chi connectivity index (χ3n) is 11.3. The van der Waals surface area contributed by atoms with Gasteiger partial charge in [-0.25, -0.2) is 4.79 Å². The Hall–Kier alpha value is -2.48. The van der Waals surface area contributed by atoms with E-state index in [1.165, 1.54) is 5.56 Å². The highest BCUT2D eigenvalue weighted by atomic mass is 16.7. The van der Waals surface area contributed by atoms with E-state index in [4.69, 9.17) is 14.2 Å². The summed E-state index contributed by atoms with van der Waals surface area (Å²) in [5.74, 6) is -0.893. The Morgan fingerprint density at radius 2 is 1.93 bits per heavy atom. The highest BCUT2D eigenvalue weighted by molar-refractivity contribution is 5.95. The van der Waals surface area contributed by atoms with E-state index >= 15 is 0 Å². The lowest BCUT2D eigenvalue weighted by atomic mass is 9.59. The summed E-state index contributed by atoms with van der Waals surface area (Å²) in [6, 6.07) is 7.96. The van der Waals surface area contributed by atoms with E-state index in [1.54, 1.807) is 0 Å². The van der Waals surface area contributed by atoms with Gasteiger partial charge >= 0.3 is 6.09 Å². The van der Waals surface area contributed by atoms with Crippen LogP contribution in [0.4, 0.5) is 4.79 Å². The van der Waals surface area contributed by atoms with Crippen molar-refractivity contribution in [1.29, 1.82) is 0 Å². The first kappa shape index (κ1) is 26.4. The first-order chi connectivity index (χ1) is 18.8. The molecule has 1 aromatic rings. The number of alkyl carbamates (subject to hydrolysis) is 1. The fraction of sp³-hybridized carbons (Fsp3) is 0.636. The minimum Gasteiger partial charge on any atom is -0.438 e. The van der Waals surface area contributed by atoms with E-state index in [0.29, 0.717) is 11.5 Å². The van der Waals surface area contributed by atoms with Crippen molar-refractivity contribution in [1.82, 2.24) is 5.32 Å². The summed E-state index contributed by atoms with van der Waals surface area (Å²) in [5, 5.41) is 16.2. The third kappa shape index (κ3) is 3.34. The number of Topliss-reactive ketones (excluding diaryl/α,β-unsaturated/α-hetero) is 1. The molecule has 6 aliphatic rings. The Balaban J connectivity index is 1.29. The maximum absolute atomic E-state index is 14.8. The summed E-state index contributed by atoms with van der Waals surface area (Å²) in [5.41, 5.74) is 0.773. The first-order valence-corrected chi connectivity index (χ1v) is 14.8. The average molecular weight is 548 g/mol. The number of carbonyl (C=O) groups is 2. The fourth-order valence-corrected chi connectivity index (χ4v) is 9.29. The molecule has 2 bridgehead atoms. The van der Waals surface area contributed by atoms with Crippen LogP contribution in [0.2, 0.25) is 0 Å². The number of rotatable bonds is 2. The second-order valence-corrected chi connectivity index (χ2v) is 14.2. The van der Waals surface area contributed by atoms with Crippen molar-refractivity contribution in [2.45, 2.75) is 90.4 Å². The minimum absolute atomic E-state index is 0.0134. The molecule has 9 atom stereocenters. The third-order valence-corrected chi connectivity index (χ3v) is 11.3. The van der Waals surface area contributed by atoms with Crippen LogP contribution in [0, 0.1) is 34.5 Å². The van der Waals surface area contributed by atoms with E-state index in [-0.39, 0.29) is 41.6 Å². The van der Waals surface area contributed by atoms with Crippen LogP contribution in [-0.2, 0) is 25.4 Å². The summed E-state index contributed by atoms with van der Waals surface area (Å²) in [4.78, 5) is 28.3. The van der Waals surface area contributed by atoms with Gasteiger partial charge in [0.1, 0.15) is 6.10 Å². The van der Waals surface area contributed by atoms with Gasteiger partial charge in [-0.15, -0.1) is 0 Å². The number of allylic oxidation sites excluding steroid dienone is 1. The van der Waals surface area contributed by atoms with Gasteiger partial charge in [0.25, 0.3) is 0 Å². The zero-order valence-electron chi connectivity index (χ0n) is 24.3. The number of hydrogen-bond donors (Lipinski definition) is 2. The molecule has 1 spiro atoms. The Morgan fingerprint density at radius 3 is 2.70 bits per heavy atom. The summed E-state index contributed by atoms with van der Waals surface area (Å²) in [6.45, 7) is 12.3. The van der Waals surface area contributed by atoms with Crippen molar-refractivity contribution < 1.29 is 28.9 Å². The highest BCUT2D eigenvalue weighted by Gasteiger charge is 2.77. The summed E-state index contributed by atoms with van der Waals surface area (Å²) in [6.07, 6.45) is 3.96. The summed E-state index contributed by atoms with van der Waals surface area (Å²) < 4.78 is 18.7. The van der Waals surface area contributed by atoms with Gasteiger partial charge in [0.2, 0.25) is 0 Å². The van der Waals surface area contributed by atoms with Crippen LogP contribution in [0.1, 0.15) is 71.6 Å². The van der Waals surface area contributed by atoms with Crippen LogP contribution in [0.5, 0.6) is 0 Å². The minimum atomic E-state index is -1.80. The molecule has 0 aromatic heterocycles. The Bertz CT molecular complexity index is 1360. The van der Waals surface area contributed by atoms with Gasteiger partial charge in [-0.2, -0.15) is 0 Å². The largest absolute Gasteiger partial charge is 0.438 e. The zero-order chi connectivity index (χ0) is 28.4. The molecule has 7 nitrogen and oxygen atoms in total. The molecule has 40 heavy (non-hydrogen) atoms. The molecule has 0 radical (unpaired) electrons. The molecule has 7 heteroatoms. The Morgan fingerprint density at radius 1 is 1.18 bits per heavy atom. The van der Waals surface area contributed by atoms with Gasteiger partial charge < -0.3 is 24.6 Å². The molecular formula is C33H41NO6. The van der Waals surface area contributed by atoms with Crippen LogP contribution >= 0.6 is 0 Å². The van der Waals surface area contributed by atoms with Gasteiger partial charge in [-0.1, -0.05) is 57.2 Å². The van der Waals surface area contributed by atoms with Crippen LogP contribution in [0.25, 0.3) is 0 Å². The summed E-state index contributed by atoms with van der Waals surface area (Å²) in [7, 11) is 0. The van der Waals surface area contributed by atoms with Gasteiger partial charge in [0.15, 0.2) is 23.3 Å². The molecule has 5 aliphatic carbocycles. The Kier molecular flexibility index (Phi) is 5.48. The van der Waals surface area contributed by atoms with E-state index in [2.05, 4.69) is 32.2 Å². The number of amides is 1. The number of aliphatic hydroxyl groups is 1. The lowest BCUT2D eigenvalue weighted by Gasteiger charge is -2.52. The molecule has 214 valence electrons. The van der Waals surface area contributed by atoms with Gasteiger partial charge in [-0.3, -0.25) is 4.79 Å². The second kappa shape index (κ2) is 8.30. The molecular weight excluding hydrogens is 506 g/mol. The number of ketones is 1. The molecule has 7 rings (SSSR count). The molecule has 2 saturated carbocycles. The van der Waals surface area contributed by atoms with Crippen molar-refractivity contribution in [3.8, 4) is 0 Å². The lowest BCUT2D eigenvalue weighted by Crippen LogP contribution is -2.68. The van der Waals surface area contributed by atoms with E-state index in [0.717, 1.165) is 30.4 Å². The molecule has 1 aromatic carbocycles. The molecule has 1 saturated heterocycles. The van der Waals surface area contributed by atoms with Crippen LogP contribution in [0.15, 0.2) is 47.6 Å². The SMILES string of the molecule is CC1=CC23C(=O)[C@@H](C=C4COC(C)(C)O[C@H]4[C@]2(O)[C@H]1OC(=O)NC1CCc2ccccc21)[C@@H]1[C@@H](CC3C)C1(C)C. The molecule has 1 heterocycles. The van der Waals surface area contributed by atoms with E-state index in [1.807, 2.05) is 51.1 Å². The van der Waals surface area contributed by atoms with Gasteiger partial charge in [0, 0.05) is 5.92 Å². The average Bonchev–Trinajstić information content (AvgIpc) is 3.16. The zero-order valence-corrected chi connectivity index (χ0v) is 24.3. The first-order valence-electron chi connectivity index (χ1n) is 14.8. The number of carbonyl (C=O) groups excluding carboxylic acids is 2. The van der Waals surface area contributed by atoms with Crippen LogP contribution in [0.3, 0.4) is 0 Å². The van der Waals surface area contributed by atoms with Crippen molar-refractivity contribution in [3.63, 3.8) is 0 Å². The molecule has 3 unspecified atom stereocenters. The maximum Gasteiger partial charge on any atom is 0.408 e. The molecule has 2 N–H and O–H groups in total. The van der Waals surface area contributed by atoms with Crippen LogP contribution in [-0.4, -0.2) is 47.2 Å². The maximum atomic E-state index is 14.8. The number of ether oxygens (including phenoxy) is 3. The number of fused-ring (bicyclic) bond motifs is 6. The lowest BCUT2D eigenvalue weighted by molar-refractivity contribution is -0.302. The predicted octanol–water partition coefficient (Wildman–Crippen LogP) is 5.03. The van der Waals surface area contributed by atoms with E-state index < -0.39 is 35.1 Å². The number of hydrogen-bond acceptors (Lipinski definition) is 6. The number of benzene rings is 1. The monoisotopic (exact) mass is 547 g/mol. The van der Waals surface area contributed by atoms with Gasteiger partial charge in [0.05, 0.1) is 18.1 Å². The molecule has 1 amide bonds. The Labute approximate surface area is 236 Å². The van der Waals surface area contributed by atoms with Crippen molar-refractivity contribution in [2.75, 3.05) is 6.61 Å². The number of aryl methyl sites for hydroxylation is 1. The van der Waals surface area contributed by atoms with Crippen molar-refractivity contribution in [2.24, 2.45) is 34.5 Å². The number of nitrogens with one attached hydrogen (secondary N) is 1. The molecule has 1 aliphatic heterocycles. The normalized spacial score (nSPS) is 43.6. The van der Waals surface area contributed by atoms with Crippen molar-refractivity contribution in [3.05, 3.63) is 58.7 Å². The van der Waals surface area contributed by atoms with Gasteiger partial charge in [-0.05, 0) is 85.5 Å². The quantitative estimate of drug-likeness (QED) is 0.504. The summed E-state index contributed by atoms with van der Waals surface area (Å²) >= 11 is 0. The van der Waals surface area contributed by atoms with Crippen molar-refractivity contribution >= 4 is 11.9 Å². The van der Waals surface area contributed by atoms with Crippen LogP contribution < -0.4 is 5.32 Å². The highest BCUT2D eigenvalue weighted by Crippen LogP contribution is 2.72. The second-order valence-electron chi connectivity index (χ2n) is 14.2.